The van der Waals surface area contributed by atoms with Crippen LogP contribution in [0.15, 0.2) is 94.7 Å². The number of rotatable bonds is 2. The molecule has 10 heteroatoms. The molecule has 4 N–H and O–H groups in total. The number of phenolic OH excluding ortho intramolecular Hbond substituents is 2. The first kappa shape index (κ1) is 23.1. The van der Waals surface area contributed by atoms with Gasteiger partial charge in [-0.2, -0.15) is 16.8 Å². The van der Waals surface area contributed by atoms with Crippen molar-refractivity contribution in [3.8, 4) is 11.5 Å². The van der Waals surface area contributed by atoms with Crippen LogP contribution in [0.2, 0.25) is 0 Å². The Labute approximate surface area is 162 Å². The van der Waals surface area contributed by atoms with Crippen molar-refractivity contribution < 1.29 is 36.2 Å². The van der Waals surface area contributed by atoms with E-state index in [0.717, 1.165) is 0 Å². The lowest BCUT2D eigenvalue weighted by atomic mass is 10.3. The van der Waals surface area contributed by atoms with E-state index in [0.29, 0.717) is 0 Å². The molecule has 0 aliphatic rings. The summed E-state index contributed by atoms with van der Waals surface area (Å²) >= 11 is 0. The fourth-order valence-corrected chi connectivity index (χ4v) is 2.64. The smallest absolute Gasteiger partial charge is 0.294 e. The molecule has 0 atom stereocenters. The van der Waals surface area contributed by atoms with E-state index in [4.69, 9.17) is 19.3 Å². The van der Waals surface area contributed by atoms with E-state index >= 15 is 0 Å². The van der Waals surface area contributed by atoms with Crippen LogP contribution in [-0.2, 0) is 20.2 Å². The summed E-state index contributed by atoms with van der Waals surface area (Å²) in [6.45, 7) is 0. The van der Waals surface area contributed by atoms with E-state index in [-0.39, 0.29) is 21.3 Å². The van der Waals surface area contributed by atoms with Crippen LogP contribution in [0, 0.1) is 0 Å². The van der Waals surface area contributed by atoms with Gasteiger partial charge in [0.15, 0.2) is 0 Å². The van der Waals surface area contributed by atoms with Crippen LogP contribution in [0.3, 0.4) is 0 Å². The highest BCUT2D eigenvalue weighted by Gasteiger charge is 2.06. The van der Waals surface area contributed by atoms with E-state index in [1.165, 1.54) is 48.5 Å². The molecule has 8 nitrogen and oxygen atoms in total. The lowest BCUT2D eigenvalue weighted by Gasteiger charge is -1.92. The van der Waals surface area contributed by atoms with Gasteiger partial charge in [-0.05, 0) is 48.5 Å². The molecule has 0 fully saturated rings. The molecule has 0 aromatic heterocycles. The molecule has 0 amide bonds. The third kappa shape index (κ3) is 9.14. The molecule has 3 rings (SSSR count). The summed E-state index contributed by atoms with van der Waals surface area (Å²) < 4.78 is 58.5. The summed E-state index contributed by atoms with van der Waals surface area (Å²) in [5, 5.41) is 17.3. The molecule has 0 saturated heterocycles. The molecule has 0 saturated carbocycles. The summed E-state index contributed by atoms with van der Waals surface area (Å²) in [6.07, 6.45) is 0. The van der Waals surface area contributed by atoms with Gasteiger partial charge in [0.25, 0.3) is 20.2 Å². The maximum atomic E-state index is 10.4. The fourth-order valence-electron chi connectivity index (χ4n) is 1.64. The first-order chi connectivity index (χ1) is 13.0. The first-order valence-corrected chi connectivity index (χ1v) is 10.4. The SMILES string of the molecule is O=S(=O)(O)c1ccccc1.O=S(=O)(O)c1ccccc1.Oc1ccc(O)cc1. The minimum Gasteiger partial charge on any atom is -0.508 e. The Hall–Kier alpha value is -2.92. The van der Waals surface area contributed by atoms with Crippen molar-refractivity contribution in [3.63, 3.8) is 0 Å². The van der Waals surface area contributed by atoms with Gasteiger partial charge in [-0.3, -0.25) is 9.11 Å². The van der Waals surface area contributed by atoms with Crippen LogP contribution < -0.4 is 0 Å². The van der Waals surface area contributed by atoms with Gasteiger partial charge in [0.1, 0.15) is 11.5 Å². The van der Waals surface area contributed by atoms with Gasteiger partial charge >= 0.3 is 0 Å². The van der Waals surface area contributed by atoms with Crippen molar-refractivity contribution >= 4 is 20.2 Å². The third-order valence-corrected chi connectivity index (χ3v) is 4.67. The normalized spacial score (nSPS) is 10.6. The van der Waals surface area contributed by atoms with E-state index in [2.05, 4.69) is 0 Å². The minimum absolute atomic E-state index is 0.0741. The number of hydrogen-bond acceptors (Lipinski definition) is 6. The highest BCUT2D eigenvalue weighted by molar-refractivity contribution is 7.86. The van der Waals surface area contributed by atoms with Gasteiger partial charge in [-0.15, -0.1) is 0 Å². The Morgan fingerprint density at radius 1 is 0.464 bits per heavy atom. The summed E-state index contributed by atoms with van der Waals surface area (Å²) in [5.41, 5.74) is 0. The summed E-state index contributed by atoms with van der Waals surface area (Å²) in [4.78, 5) is -0.148. The van der Waals surface area contributed by atoms with Gasteiger partial charge in [-0.1, -0.05) is 36.4 Å². The van der Waals surface area contributed by atoms with Crippen molar-refractivity contribution in [2.75, 3.05) is 0 Å². The van der Waals surface area contributed by atoms with Crippen LogP contribution in [0.4, 0.5) is 0 Å². The molecule has 0 spiro atoms. The predicted octanol–water partition coefficient (Wildman–Crippen LogP) is 2.96. The van der Waals surface area contributed by atoms with Crippen LogP contribution in [0.5, 0.6) is 11.5 Å². The van der Waals surface area contributed by atoms with Crippen molar-refractivity contribution in [3.05, 3.63) is 84.9 Å². The molecule has 3 aromatic carbocycles. The van der Waals surface area contributed by atoms with Crippen LogP contribution in [0.1, 0.15) is 0 Å². The maximum Gasteiger partial charge on any atom is 0.294 e. The van der Waals surface area contributed by atoms with E-state index in [1.807, 2.05) is 0 Å². The molecular formula is C18H18O8S2. The second kappa shape index (κ2) is 10.4. The molecule has 3 aromatic rings. The van der Waals surface area contributed by atoms with E-state index < -0.39 is 20.2 Å². The molecule has 150 valence electrons. The fraction of sp³-hybridized carbons (Fsp3) is 0. The lowest BCUT2D eigenvalue weighted by molar-refractivity contribution is 0.460. The number of aromatic hydroxyl groups is 2. The van der Waals surface area contributed by atoms with Crippen molar-refractivity contribution in [1.29, 1.82) is 0 Å². The summed E-state index contributed by atoms with van der Waals surface area (Å²) in [5.74, 6) is 0.339. The van der Waals surface area contributed by atoms with Crippen LogP contribution in [0.25, 0.3) is 0 Å². The molecule has 28 heavy (non-hydrogen) atoms. The average molecular weight is 426 g/mol. The number of hydrogen-bond donors (Lipinski definition) is 4. The van der Waals surface area contributed by atoms with Crippen molar-refractivity contribution in [2.45, 2.75) is 9.79 Å². The molecule has 0 radical (unpaired) electrons. The third-order valence-electron chi connectivity index (χ3n) is 2.93. The average Bonchev–Trinajstić information content (AvgIpc) is 2.65. The molecular weight excluding hydrogens is 408 g/mol. The Morgan fingerprint density at radius 3 is 0.893 bits per heavy atom. The van der Waals surface area contributed by atoms with Gasteiger partial charge < -0.3 is 10.2 Å². The largest absolute Gasteiger partial charge is 0.508 e. The molecule has 0 heterocycles. The summed E-state index contributed by atoms with van der Waals surface area (Å²) in [6, 6.07) is 20.5. The van der Waals surface area contributed by atoms with Gasteiger partial charge in [0.2, 0.25) is 0 Å². The Balaban J connectivity index is 0.000000212. The Bertz CT molecular complexity index is 959. The zero-order valence-electron chi connectivity index (χ0n) is 14.3. The molecule has 0 aliphatic heterocycles. The van der Waals surface area contributed by atoms with E-state index in [1.54, 1.807) is 36.4 Å². The molecule has 0 unspecified atom stereocenters. The quantitative estimate of drug-likeness (QED) is 0.361. The topological polar surface area (TPSA) is 149 Å². The van der Waals surface area contributed by atoms with Crippen molar-refractivity contribution in [1.82, 2.24) is 0 Å². The van der Waals surface area contributed by atoms with Gasteiger partial charge in [0.05, 0.1) is 9.79 Å². The first-order valence-electron chi connectivity index (χ1n) is 7.53. The Kier molecular flexibility index (Phi) is 8.61. The van der Waals surface area contributed by atoms with Crippen LogP contribution >= 0.6 is 0 Å². The number of phenols is 2. The maximum absolute atomic E-state index is 10.4. The lowest BCUT2D eigenvalue weighted by Crippen LogP contribution is -1.96. The Morgan fingerprint density at radius 2 is 0.714 bits per heavy atom. The van der Waals surface area contributed by atoms with Crippen molar-refractivity contribution in [2.24, 2.45) is 0 Å². The molecule has 0 bridgehead atoms. The predicted molar refractivity (Wildman–Crippen MR) is 102 cm³/mol. The molecule has 0 aliphatic carbocycles. The zero-order chi connectivity index (χ0) is 21.2. The second-order valence-corrected chi connectivity index (χ2v) is 7.94. The zero-order valence-corrected chi connectivity index (χ0v) is 16.0. The van der Waals surface area contributed by atoms with Gasteiger partial charge in [-0.25, -0.2) is 0 Å². The highest BCUT2D eigenvalue weighted by atomic mass is 32.2. The minimum atomic E-state index is -4.00. The second-order valence-electron chi connectivity index (χ2n) is 5.09. The summed E-state index contributed by atoms with van der Waals surface area (Å²) in [7, 11) is -8.01. The van der Waals surface area contributed by atoms with Crippen LogP contribution in [-0.4, -0.2) is 36.2 Å². The number of benzene rings is 3. The standard InChI is InChI=1S/2C6H6O3S.C6H6O2/c2*7-10(8,9)6-4-2-1-3-5-6;7-5-1-2-6(8)4-3-5/h2*1-5H,(H,7,8,9);1-4,7-8H. The van der Waals surface area contributed by atoms with Gasteiger partial charge in [0, 0.05) is 0 Å². The highest BCUT2D eigenvalue weighted by Crippen LogP contribution is 2.13. The monoisotopic (exact) mass is 426 g/mol. The van der Waals surface area contributed by atoms with E-state index in [9.17, 15) is 16.8 Å².